The van der Waals surface area contributed by atoms with Crippen molar-refractivity contribution in [3.63, 3.8) is 0 Å². The zero-order chi connectivity index (χ0) is 33.7. The van der Waals surface area contributed by atoms with Crippen LogP contribution in [0.1, 0.15) is 11.5 Å². The molecule has 4 heteroatoms. The summed E-state index contributed by atoms with van der Waals surface area (Å²) < 4.78 is 6.60. The number of benzene rings is 7. The van der Waals surface area contributed by atoms with Crippen molar-refractivity contribution < 1.29 is 4.74 Å². The van der Waals surface area contributed by atoms with Crippen molar-refractivity contribution in [2.75, 3.05) is 0 Å². The van der Waals surface area contributed by atoms with Gasteiger partial charge in [-0.3, -0.25) is 0 Å². The summed E-state index contributed by atoms with van der Waals surface area (Å²) >= 11 is 0. The first-order valence-electron chi connectivity index (χ1n) is 17.4. The average molecular weight is 654 g/mol. The van der Waals surface area contributed by atoms with E-state index in [1.807, 2.05) is 12.1 Å². The van der Waals surface area contributed by atoms with Crippen molar-refractivity contribution in [3.8, 4) is 62.2 Å². The molecule has 51 heavy (non-hydrogen) atoms. The van der Waals surface area contributed by atoms with Crippen molar-refractivity contribution in [2.45, 2.75) is 12.0 Å². The molecule has 0 saturated heterocycles. The van der Waals surface area contributed by atoms with E-state index in [2.05, 4.69) is 164 Å². The van der Waals surface area contributed by atoms with Gasteiger partial charge < -0.3 is 4.74 Å². The Labute approximate surface area is 296 Å². The van der Waals surface area contributed by atoms with E-state index in [1.165, 1.54) is 10.9 Å². The van der Waals surface area contributed by atoms with Gasteiger partial charge in [0.05, 0.1) is 0 Å². The molecular formula is C47H31N3O. The van der Waals surface area contributed by atoms with Crippen molar-refractivity contribution in [1.82, 2.24) is 15.0 Å². The maximum Gasteiger partial charge on any atom is 0.164 e. The molecule has 0 saturated carbocycles. The standard InChI is InChI=1S/C47H31N3O/c1-2-14-31(15-3-1)34-17-6-9-21-41(34)46-48-45(33-26-25-30-13-4-5-16-32(30)29-33)49-47(50-46)42-28-27-37(35-18-7-8-19-36(35)42)39-22-12-23-40-38-20-10-11-24-43(38)51-44(39)40/h1-29,38,43H. The van der Waals surface area contributed by atoms with E-state index >= 15 is 0 Å². The van der Waals surface area contributed by atoms with Gasteiger partial charge in [-0.2, -0.15) is 0 Å². The normalized spacial score (nSPS) is 15.8. The maximum absolute atomic E-state index is 6.60. The third-order valence-corrected chi connectivity index (χ3v) is 10.1. The molecular weight excluding hydrogens is 623 g/mol. The molecule has 0 bridgehead atoms. The molecule has 2 aliphatic rings. The topological polar surface area (TPSA) is 47.9 Å². The monoisotopic (exact) mass is 653 g/mol. The van der Waals surface area contributed by atoms with Gasteiger partial charge in [0.1, 0.15) is 11.9 Å². The number of nitrogens with zero attached hydrogens (tertiary/aromatic N) is 3. The summed E-state index contributed by atoms with van der Waals surface area (Å²) in [5, 5.41) is 4.50. The molecule has 0 N–H and O–H groups in total. The minimum absolute atomic E-state index is 0.0209. The molecule has 4 nitrogen and oxygen atoms in total. The Balaban J connectivity index is 1.18. The molecule has 0 fully saturated rings. The predicted octanol–water partition coefficient (Wildman–Crippen LogP) is 11.5. The maximum atomic E-state index is 6.60. The third kappa shape index (κ3) is 5.03. The van der Waals surface area contributed by atoms with Crippen LogP contribution in [0.5, 0.6) is 5.75 Å². The first-order chi connectivity index (χ1) is 25.3. The van der Waals surface area contributed by atoms with Crippen LogP contribution in [-0.2, 0) is 0 Å². The molecule has 240 valence electrons. The Morgan fingerprint density at radius 3 is 1.92 bits per heavy atom. The van der Waals surface area contributed by atoms with Gasteiger partial charge in [-0.15, -0.1) is 0 Å². The van der Waals surface area contributed by atoms with Gasteiger partial charge >= 0.3 is 0 Å². The van der Waals surface area contributed by atoms with Crippen molar-refractivity contribution >= 4 is 21.5 Å². The number of aromatic nitrogens is 3. The Bertz CT molecular complexity index is 2690. The number of rotatable bonds is 5. The zero-order valence-electron chi connectivity index (χ0n) is 27.6. The second-order valence-electron chi connectivity index (χ2n) is 13.1. The fourth-order valence-electron chi connectivity index (χ4n) is 7.63. The van der Waals surface area contributed by atoms with Gasteiger partial charge in [0.25, 0.3) is 0 Å². The zero-order valence-corrected chi connectivity index (χ0v) is 27.6. The SMILES string of the molecule is C1=CC2Oc3c(-c4ccc(-c5nc(-c6ccc7ccccc7c6)nc(-c6ccccc6-c6ccccc6)n5)c5ccccc45)cccc3C2C=C1. The first-order valence-corrected chi connectivity index (χ1v) is 17.4. The van der Waals surface area contributed by atoms with E-state index in [9.17, 15) is 0 Å². The van der Waals surface area contributed by atoms with Crippen molar-refractivity contribution in [1.29, 1.82) is 0 Å². The van der Waals surface area contributed by atoms with E-state index in [1.54, 1.807) is 0 Å². The summed E-state index contributed by atoms with van der Waals surface area (Å²) in [5.74, 6) is 3.08. The van der Waals surface area contributed by atoms with Crippen LogP contribution in [0.3, 0.4) is 0 Å². The number of para-hydroxylation sites is 1. The highest BCUT2D eigenvalue weighted by Crippen LogP contribution is 2.48. The summed E-state index contributed by atoms with van der Waals surface area (Å²) in [6.07, 6.45) is 8.60. The second-order valence-corrected chi connectivity index (χ2v) is 13.1. The Hall–Kier alpha value is -6.65. The van der Waals surface area contributed by atoms with Crippen LogP contribution in [0.2, 0.25) is 0 Å². The van der Waals surface area contributed by atoms with Crippen LogP contribution in [0.25, 0.3) is 78.0 Å². The smallest absolute Gasteiger partial charge is 0.164 e. The minimum Gasteiger partial charge on any atom is -0.484 e. The molecule has 8 aromatic rings. The lowest BCUT2D eigenvalue weighted by atomic mass is 9.89. The quantitative estimate of drug-likeness (QED) is 0.185. The number of fused-ring (bicyclic) bond motifs is 5. The summed E-state index contributed by atoms with van der Waals surface area (Å²) in [4.78, 5) is 15.6. The molecule has 1 aliphatic carbocycles. The Morgan fingerprint density at radius 2 is 1.06 bits per heavy atom. The molecule has 1 aliphatic heterocycles. The van der Waals surface area contributed by atoms with E-state index < -0.39 is 0 Å². The Morgan fingerprint density at radius 1 is 0.412 bits per heavy atom. The molecule has 1 aromatic heterocycles. The van der Waals surface area contributed by atoms with Crippen LogP contribution < -0.4 is 4.74 Å². The fourth-order valence-corrected chi connectivity index (χ4v) is 7.63. The number of allylic oxidation sites excluding steroid dienone is 2. The molecule has 0 amide bonds. The van der Waals surface area contributed by atoms with Crippen LogP contribution in [-0.4, -0.2) is 21.1 Å². The number of hydrogen-bond acceptors (Lipinski definition) is 4. The number of ether oxygens (including phenoxy) is 1. The van der Waals surface area contributed by atoms with Crippen LogP contribution in [0.15, 0.2) is 176 Å². The molecule has 2 unspecified atom stereocenters. The van der Waals surface area contributed by atoms with E-state index in [4.69, 9.17) is 19.7 Å². The third-order valence-electron chi connectivity index (χ3n) is 10.1. The summed E-state index contributed by atoms with van der Waals surface area (Å²) in [6, 6.07) is 53.0. The average Bonchev–Trinajstić information content (AvgIpc) is 3.60. The van der Waals surface area contributed by atoms with Crippen molar-refractivity contribution in [3.05, 3.63) is 182 Å². The molecule has 0 spiro atoms. The highest BCUT2D eigenvalue weighted by molar-refractivity contribution is 6.05. The van der Waals surface area contributed by atoms with Crippen LogP contribution in [0.4, 0.5) is 0 Å². The van der Waals surface area contributed by atoms with E-state index in [0.29, 0.717) is 17.5 Å². The Kier molecular flexibility index (Phi) is 6.91. The first kappa shape index (κ1) is 29.3. The molecule has 2 atom stereocenters. The van der Waals surface area contributed by atoms with Gasteiger partial charge in [0.2, 0.25) is 0 Å². The molecule has 0 radical (unpaired) electrons. The summed E-state index contributed by atoms with van der Waals surface area (Å²) in [6.45, 7) is 0. The highest BCUT2D eigenvalue weighted by Gasteiger charge is 2.34. The van der Waals surface area contributed by atoms with Gasteiger partial charge in [0, 0.05) is 33.7 Å². The van der Waals surface area contributed by atoms with E-state index in [-0.39, 0.29) is 12.0 Å². The molecule has 10 rings (SSSR count). The lowest BCUT2D eigenvalue weighted by molar-refractivity contribution is 0.270. The molecule has 2 heterocycles. The van der Waals surface area contributed by atoms with Gasteiger partial charge in [-0.05, 0) is 56.4 Å². The second kappa shape index (κ2) is 12.0. The lowest BCUT2D eigenvalue weighted by Crippen LogP contribution is -2.15. The van der Waals surface area contributed by atoms with Gasteiger partial charge in [-0.25, -0.2) is 15.0 Å². The van der Waals surface area contributed by atoms with Crippen LogP contribution >= 0.6 is 0 Å². The van der Waals surface area contributed by atoms with Crippen LogP contribution in [0, 0.1) is 0 Å². The number of hydrogen-bond donors (Lipinski definition) is 0. The lowest BCUT2D eigenvalue weighted by Gasteiger charge is -2.16. The summed E-state index contributed by atoms with van der Waals surface area (Å²) in [7, 11) is 0. The predicted molar refractivity (Wildman–Crippen MR) is 207 cm³/mol. The summed E-state index contributed by atoms with van der Waals surface area (Å²) in [5.41, 5.74) is 8.47. The van der Waals surface area contributed by atoms with Gasteiger partial charge in [0.15, 0.2) is 17.5 Å². The highest BCUT2D eigenvalue weighted by atomic mass is 16.5. The fraction of sp³-hybridized carbons (Fsp3) is 0.0426. The minimum atomic E-state index is 0.0209. The van der Waals surface area contributed by atoms with Crippen molar-refractivity contribution in [2.24, 2.45) is 0 Å². The largest absolute Gasteiger partial charge is 0.484 e. The van der Waals surface area contributed by atoms with E-state index in [0.717, 1.165) is 60.9 Å². The molecule has 7 aromatic carbocycles. The van der Waals surface area contributed by atoms with Gasteiger partial charge in [-0.1, -0.05) is 158 Å².